The van der Waals surface area contributed by atoms with Crippen LogP contribution in [0.4, 0.5) is 0 Å². The van der Waals surface area contributed by atoms with Crippen LogP contribution >= 0.6 is 0 Å². The third kappa shape index (κ3) is 2.38. The van der Waals surface area contributed by atoms with Crippen LogP contribution in [0.15, 0.2) is 78.9 Å². The van der Waals surface area contributed by atoms with Crippen molar-refractivity contribution in [3.05, 3.63) is 84.4 Å². The maximum Gasteiger partial charge on any atom is 0.177 e. The first-order valence-electron chi connectivity index (χ1n) is 11.0. The summed E-state index contributed by atoms with van der Waals surface area (Å²) in [5.74, 6) is -0.444. The van der Waals surface area contributed by atoms with Crippen molar-refractivity contribution < 1.29 is 9.47 Å². The zero-order valence-electron chi connectivity index (χ0n) is 17.4. The van der Waals surface area contributed by atoms with Gasteiger partial charge in [-0.05, 0) is 63.6 Å². The zero-order valence-corrected chi connectivity index (χ0v) is 17.4. The molecule has 0 amide bonds. The molecule has 0 aromatic heterocycles. The lowest BCUT2D eigenvalue weighted by atomic mass is 9.73. The molecule has 1 saturated carbocycles. The summed E-state index contributed by atoms with van der Waals surface area (Å²) < 4.78 is 12.2. The smallest absolute Gasteiger partial charge is 0.177 e. The highest BCUT2D eigenvalue weighted by Gasteiger charge is 2.60. The quantitative estimate of drug-likeness (QED) is 0.354. The Morgan fingerprint density at radius 2 is 1.43 bits per heavy atom. The molecule has 150 valence electrons. The lowest BCUT2D eigenvalue weighted by Gasteiger charge is -2.38. The maximum absolute atomic E-state index is 6.18. The fourth-order valence-electron chi connectivity index (χ4n) is 6.11. The van der Waals surface area contributed by atoms with Gasteiger partial charge < -0.3 is 9.47 Å². The van der Waals surface area contributed by atoms with Crippen molar-refractivity contribution >= 4 is 21.5 Å². The predicted octanol–water partition coefficient (Wildman–Crippen LogP) is 6.84. The van der Waals surface area contributed by atoms with Crippen LogP contribution in [0.25, 0.3) is 32.7 Å². The number of rotatable bonds is 3. The molecule has 4 aromatic rings. The molecular formula is C28H26O2. The molecule has 2 nitrogen and oxygen atoms in total. The molecule has 2 fully saturated rings. The molecule has 2 heteroatoms. The van der Waals surface area contributed by atoms with Gasteiger partial charge in [-0.3, -0.25) is 0 Å². The normalized spacial score (nSPS) is 25.8. The average Bonchev–Trinajstić information content (AvgIpc) is 3.34. The van der Waals surface area contributed by atoms with Crippen molar-refractivity contribution in [3.8, 4) is 11.1 Å². The van der Waals surface area contributed by atoms with E-state index < -0.39 is 5.79 Å². The lowest BCUT2D eigenvalue weighted by molar-refractivity contribution is -0.213. The summed E-state index contributed by atoms with van der Waals surface area (Å²) in [6, 6.07) is 28.9. The molecule has 0 N–H and O–H groups in total. The van der Waals surface area contributed by atoms with Crippen LogP contribution < -0.4 is 0 Å². The maximum atomic E-state index is 6.18. The standard InChI is InChI=1S/C28H26O2/c1-29-28-16-6-15-27(28,17-18-30-28)23-13-11-20(12-14-23)26-24-9-4-2-7-21(24)19-22-8-3-5-10-25(22)26/h2-5,7-14,19H,6,15-18H2,1H3/t27-,28-/m0/s1. The van der Waals surface area contributed by atoms with Gasteiger partial charge in [-0.25, -0.2) is 0 Å². The molecule has 1 aliphatic carbocycles. The SMILES string of the molecule is CO[C@]12CCC[C@@]1(c1ccc(-c3c4ccccc4cc4ccccc34)cc1)CCO2. The van der Waals surface area contributed by atoms with E-state index in [4.69, 9.17) is 9.47 Å². The number of ether oxygens (including phenoxy) is 2. The Bertz CT molecular complexity index is 1170. The zero-order chi connectivity index (χ0) is 20.2. The van der Waals surface area contributed by atoms with Crippen LogP contribution in [0, 0.1) is 0 Å². The molecule has 2 atom stereocenters. The minimum absolute atomic E-state index is 0.0128. The van der Waals surface area contributed by atoms with E-state index in [1.54, 1.807) is 0 Å². The van der Waals surface area contributed by atoms with Crippen LogP contribution in [0.5, 0.6) is 0 Å². The first-order valence-corrected chi connectivity index (χ1v) is 11.0. The second-order valence-electron chi connectivity index (χ2n) is 8.76. The third-order valence-electron chi connectivity index (χ3n) is 7.53. The van der Waals surface area contributed by atoms with E-state index in [0.717, 1.165) is 32.3 Å². The largest absolute Gasteiger partial charge is 0.352 e. The number of fused-ring (bicyclic) bond motifs is 3. The lowest BCUT2D eigenvalue weighted by Crippen LogP contribution is -2.45. The molecular weight excluding hydrogens is 368 g/mol. The summed E-state index contributed by atoms with van der Waals surface area (Å²) in [5, 5.41) is 5.18. The fourth-order valence-corrected chi connectivity index (χ4v) is 6.11. The van der Waals surface area contributed by atoms with Crippen LogP contribution in [0.1, 0.15) is 31.2 Å². The molecule has 0 unspecified atom stereocenters. The molecule has 30 heavy (non-hydrogen) atoms. The summed E-state index contributed by atoms with van der Waals surface area (Å²) >= 11 is 0. The molecule has 2 aliphatic rings. The highest BCUT2D eigenvalue weighted by molar-refractivity contribution is 6.12. The summed E-state index contributed by atoms with van der Waals surface area (Å²) in [7, 11) is 1.81. The van der Waals surface area contributed by atoms with Gasteiger partial charge >= 0.3 is 0 Å². The van der Waals surface area contributed by atoms with Gasteiger partial charge in [-0.15, -0.1) is 0 Å². The van der Waals surface area contributed by atoms with Crippen LogP contribution in [0.3, 0.4) is 0 Å². The Morgan fingerprint density at radius 3 is 2.10 bits per heavy atom. The van der Waals surface area contributed by atoms with Crippen molar-refractivity contribution in [2.45, 2.75) is 36.9 Å². The van der Waals surface area contributed by atoms with Gasteiger partial charge in [0.05, 0.1) is 12.0 Å². The topological polar surface area (TPSA) is 18.5 Å². The monoisotopic (exact) mass is 394 g/mol. The van der Waals surface area contributed by atoms with Crippen LogP contribution in [-0.2, 0) is 14.9 Å². The van der Waals surface area contributed by atoms with E-state index >= 15 is 0 Å². The Morgan fingerprint density at radius 1 is 0.767 bits per heavy atom. The average molecular weight is 395 g/mol. The predicted molar refractivity (Wildman–Crippen MR) is 123 cm³/mol. The van der Waals surface area contributed by atoms with E-state index in [9.17, 15) is 0 Å². The number of methoxy groups -OCH3 is 1. The van der Waals surface area contributed by atoms with E-state index in [1.165, 1.54) is 38.2 Å². The Labute approximate surface area is 177 Å². The van der Waals surface area contributed by atoms with Gasteiger partial charge in [0.15, 0.2) is 5.79 Å². The van der Waals surface area contributed by atoms with Gasteiger partial charge in [-0.2, -0.15) is 0 Å². The molecule has 4 aromatic carbocycles. The van der Waals surface area contributed by atoms with Crippen molar-refractivity contribution in [2.75, 3.05) is 13.7 Å². The summed E-state index contributed by atoms with van der Waals surface area (Å²) in [6.45, 7) is 0.781. The fraction of sp³-hybridized carbons (Fsp3) is 0.286. The highest BCUT2D eigenvalue weighted by atomic mass is 16.7. The first kappa shape index (κ1) is 18.1. The molecule has 0 bridgehead atoms. The van der Waals surface area contributed by atoms with Gasteiger partial charge in [0.2, 0.25) is 0 Å². The second-order valence-corrected chi connectivity index (χ2v) is 8.76. The van der Waals surface area contributed by atoms with Crippen molar-refractivity contribution in [1.82, 2.24) is 0 Å². The summed E-state index contributed by atoms with van der Waals surface area (Å²) in [6.07, 6.45) is 4.32. The Kier molecular flexibility index (Phi) is 4.02. The molecule has 0 spiro atoms. The van der Waals surface area contributed by atoms with E-state index in [1.807, 2.05) is 7.11 Å². The summed E-state index contributed by atoms with van der Waals surface area (Å²) in [4.78, 5) is 0. The van der Waals surface area contributed by atoms with Crippen molar-refractivity contribution in [3.63, 3.8) is 0 Å². The van der Waals surface area contributed by atoms with Crippen molar-refractivity contribution in [1.29, 1.82) is 0 Å². The third-order valence-corrected chi connectivity index (χ3v) is 7.53. The van der Waals surface area contributed by atoms with Crippen LogP contribution in [-0.4, -0.2) is 19.5 Å². The van der Waals surface area contributed by atoms with Crippen LogP contribution in [0.2, 0.25) is 0 Å². The second kappa shape index (κ2) is 6.66. The minimum atomic E-state index is -0.444. The Hall–Kier alpha value is -2.68. The number of hydrogen-bond acceptors (Lipinski definition) is 2. The number of benzene rings is 4. The molecule has 1 saturated heterocycles. The van der Waals surface area contributed by atoms with Gasteiger partial charge in [0, 0.05) is 13.5 Å². The molecule has 0 radical (unpaired) electrons. The summed E-state index contributed by atoms with van der Waals surface area (Å²) in [5.41, 5.74) is 3.93. The van der Waals surface area contributed by atoms with E-state index in [-0.39, 0.29) is 5.41 Å². The molecule has 1 heterocycles. The van der Waals surface area contributed by atoms with Crippen molar-refractivity contribution in [2.24, 2.45) is 0 Å². The van der Waals surface area contributed by atoms with Gasteiger partial charge in [0.25, 0.3) is 0 Å². The van der Waals surface area contributed by atoms with Gasteiger partial charge in [-0.1, -0.05) is 72.8 Å². The minimum Gasteiger partial charge on any atom is -0.352 e. The van der Waals surface area contributed by atoms with Gasteiger partial charge in [0.1, 0.15) is 0 Å². The Balaban J connectivity index is 1.53. The molecule has 1 aliphatic heterocycles. The van der Waals surface area contributed by atoms with E-state index in [2.05, 4.69) is 78.9 Å². The highest BCUT2D eigenvalue weighted by Crippen LogP contribution is 2.57. The molecule has 6 rings (SSSR count). The number of hydrogen-bond donors (Lipinski definition) is 0. The van der Waals surface area contributed by atoms with E-state index in [0.29, 0.717) is 0 Å². The first-order chi connectivity index (χ1) is 14.8.